The van der Waals surface area contributed by atoms with Gasteiger partial charge in [0.15, 0.2) is 0 Å². The number of benzene rings is 1. The van der Waals surface area contributed by atoms with E-state index in [0.29, 0.717) is 16.3 Å². The maximum atomic E-state index is 12.2. The van der Waals surface area contributed by atoms with Crippen molar-refractivity contribution in [3.05, 3.63) is 46.3 Å². The van der Waals surface area contributed by atoms with E-state index in [1.807, 2.05) is 0 Å². The zero-order valence-electron chi connectivity index (χ0n) is 10.3. The van der Waals surface area contributed by atoms with E-state index in [4.69, 9.17) is 17.3 Å². The number of thiophene rings is 1. The SMILES string of the molecule is NCC#Cc1cc(Cl)ccc1NS(=O)(=O)c1cccs1. The molecule has 3 N–H and O–H groups in total. The number of sulfonamides is 1. The lowest BCUT2D eigenvalue weighted by molar-refractivity contribution is 0.603. The van der Waals surface area contributed by atoms with Gasteiger partial charge in [-0.05, 0) is 29.6 Å². The van der Waals surface area contributed by atoms with E-state index in [0.717, 1.165) is 11.3 Å². The molecule has 0 aliphatic rings. The van der Waals surface area contributed by atoms with Gasteiger partial charge in [0.2, 0.25) is 0 Å². The largest absolute Gasteiger partial charge is 0.320 e. The summed E-state index contributed by atoms with van der Waals surface area (Å²) in [6.07, 6.45) is 0. The van der Waals surface area contributed by atoms with Crippen LogP contribution in [0.1, 0.15) is 5.56 Å². The van der Waals surface area contributed by atoms with Gasteiger partial charge in [-0.1, -0.05) is 29.5 Å². The first-order valence-corrected chi connectivity index (χ1v) is 8.32. The minimum absolute atomic E-state index is 0.184. The molecule has 0 bridgehead atoms. The maximum absolute atomic E-state index is 12.2. The van der Waals surface area contributed by atoms with Gasteiger partial charge in [0.1, 0.15) is 4.21 Å². The number of nitrogens with two attached hydrogens (primary N) is 1. The van der Waals surface area contributed by atoms with Crippen molar-refractivity contribution in [1.29, 1.82) is 0 Å². The van der Waals surface area contributed by atoms with E-state index in [1.54, 1.807) is 29.6 Å². The van der Waals surface area contributed by atoms with Gasteiger partial charge in [-0.3, -0.25) is 4.72 Å². The molecule has 0 fully saturated rings. The van der Waals surface area contributed by atoms with Crippen molar-refractivity contribution < 1.29 is 8.42 Å². The topological polar surface area (TPSA) is 72.2 Å². The Kier molecular flexibility index (Phi) is 4.68. The Morgan fingerprint density at radius 1 is 1.35 bits per heavy atom. The number of hydrogen-bond acceptors (Lipinski definition) is 4. The minimum atomic E-state index is -3.60. The minimum Gasteiger partial charge on any atom is -0.320 e. The molecule has 0 radical (unpaired) electrons. The molecule has 1 aromatic heterocycles. The number of rotatable bonds is 3. The van der Waals surface area contributed by atoms with Gasteiger partial charge in [0.25, 0.3) is 10.0 Å². The van der Waals surface area contributed by atoms with Crippen molar-refractivity contribution in [3.63, 3.8) is 0 Å². The molecule has 104 valence electrons. The van der Waals surface area contributed by atoms with Gasteiger partial charge in [-0.25, -0.2) is 8.42 Å². The molecule has 0 amide bonds. The summed E-state index contributed by atoms with van der Waals surface area (Å²) in [5, 5.41) is 2.18. The molecular weight excluding hydrogens is 316 g/mol. The van der Waals surface area contributed by atoms with Crippen LogP contribution in [0, 0.1) is 11.8 Å². The number of nitrogens with one attached hydrogen (secondary N) is 1. The quantitative estimate of drug-likeness (QED) is 0.851. The third-order valence-electron chi connectivity index (χ3n) is 2.31. The molecule has 2 aromatic rings. The Labute approximate surface area is 126 Å². The standard InChI is InChI=1S/C13H11ClN2O2S2/c14-11-5-6-12(10(9-11)3-1-7-15)16-20(17,18)13-4-2-8-19-13/h2,4-6,8-9,16H,7,15H2. The van der Waals surface area contributed by atoms with Crippen molar-refractivity contribution in [2.24, 2.45) is 5.73 Å². The van der Waals surface area contributed by atoms with E-state index < -0.39 is 10.0 Å². The fraction of sp³-hybridized carbons (Fsp3) is 0.0769. The monoisotopic (exact) mass is 326 g/mol. The highest BCUT2D eigenvalue weighted by molar-refractivity contribution is 7.94. The summed E-state index contributed by atoms with van der Waals surface area (Å²) in [6.45, 7) is 0.184. The third-order valence-corrected chi connectivity index (χ3v) is 5.31. The van der Waals surface area contributed by atoms with E-state index in [2.05, 4.69) is 16.6 Å². The van der Waals surface area contributed by atoms with E-state index in [-0.39, 0.29) is 10.8 Å². The molecule has 0 spiro atoms. The smallest absolute Gasteiger partial charge is 0.271 e. The van der Waals surface area contributed by atoms with Crippen LogP contribution in [0.3, 0.4) is 0 Å². The Bertz CT molecular complexity index is 759. The van der Waals surface area contributed by atoms with Crippen molar-refractivity contribution in [1.82, 2.24) is 0 Å². The van der Waals surface area contributed by atoms with Crippen LogP contribution in [0.25, 0.3) is 0 Å². The lowest BCUT2D eigenvalue weighted by Crippen LogP contribution is -2.12. The first-order chi connectivity index (χ1) is 9.53. The van der Waals surface area contributed by atoms with Crippen molar-refractivity contribution in [2.75, 3.05) is 11.3 Å². The summed E-state index contributed by atoms with van der Waals surface area (Å²) in [6, 6.07) is 7.98. The van der Waals surface area contributed by atoms with Gasteiger partial charge < -0.3 is 5.73 Å². The number of anilines is 1. The van der Waals surface area contributed by atoms with Gasteiger partial charge >= 0.3 is 0 Å². The molecule has 20 heavy (non-hydrogen) atoms. The summed E-state index contributed by atoms with van der Waals surface area (Å²) in [5.41, 5.74) is 6.19. The van der Waals surface area contributed by atoms with Crippen molar-refractivity contribution in [2.45, 2.75) is 4.21 Å². The average Bonchev–Trinajstić information content (AvgIpc) is 2.93. The number of hydrogen-bond donors (Lipinski definition) is 2. The predicted octanol–water partition coefficient (Wildman–Crippen LogP) is 2.51. The molecule has 4 nitrogen and oxygen atoms in total. The second-order valence-corrected chi connectivity index (χ2v) is 7.03. The first kappa shape index (κ1) is 14.9. The van der Waals surface area contributed by atoms with Gasteiger partial charge in [-0.15, -0.1) is 11.3 Å². The fourth-order valence-electron chi connectivity index (χ4n) is 1.47. The molecular formula is C13H11ClN2O2S2. The van der Waals surface area contributed by atoms with Crippen LogP contribution in [0.15, 0.2) is 39.9 Å². The van der Waals surface area contributed by atoms with Crippen LogP contribution in [-0.2, 0) is 10.0 Å². The summed E-state index contributed by atoms with van der Waals surface area (Å²) >= 11 is 7.04. The van der Waals surface area contributed by atoms with Crippen molar-refractivity contribution in [3.8, 4) is 11.8 Å². The zero-order valence-corrected chi connectivity index (χ0v) is 12.6. The molecule has 2 rings (SSSR count). The molecule has 0 aliphatic heterocycles. The highest BCUT2D eigenvalue weighted by Gasteiger charge is 2.16. The highest BCUT2D eigenvalue weighted by Crippen LogP contribution is 2.24. The Balaban J connectivity index is 2.39. The van der Waals surface area contributed by atoms with E-state index in [9.17, 15) is 8.42 Å². The van der Waals surface area contributed by atoms with Gasteiger partial charge in [0, 0.05) is 5.02 Å². The molecule has 1 heterocycles. The summed E-state index contributed by atoms with van der Waals surface area (Å²) < 4.78 is 27.1. The Hall–Kier alpha value is -1.52. The fourth-order valence-corrected chi connectivity index (χ4v) is 3.71. The molecule has 1 aromatic carbocycles. The van der Waals surface area contributed by atoms with E-state index in [1.165, 1.54) is 6.07 Å². The maximum Gasteiger partial charge on any atom is 0.271 e. The third kappa shape index (κ3) is 3.52. The molecule has 0 atom stereocenters. The van der Waals surface area contributed by atoms with Gasteiger partial charge in [0.05, 0.1) is 17.8 Å². The second-order valence-electron chi connectivity index (χ2n) is 3.73. The van der Waals surface area contributed by atoms with Crippen LogP contribution in [-0.4, -0.2) is 15.0 Å². The van der Waals surface area contributed by atoms with Crippen molar-refractivity contribution >= 4 is 38.6 Å². The summed E-state index contributed by atoms with van der Waals surface area (Å²) in [5.74, 6) is 5.48. The van der Waals surface area contributed by atoms with Crippen LogP contribution < -0.4 is 10.5 Å². The van der Waals surface area contributed by atoms with Crippen LogP contribution in [0.2, 0.25) is 5.02 Å². The lowest BCUT2D eigenvalue weighted by Gasteiger charge is -2.08. The van der Waals surface area contributed by atoms with E-state index >= 15 is 0 Å². The molecule has 0 unspecified atom stereocenters. The molecule has 0 saturated heterocycles. The Morgan fingerprint density at radius 3 is 2.80 bits per heavy atom. The second kappa shape index (κ2) is 6.29. The van der Waals surface area contributed by atoms with Crippen LogP contribution in [0.4, 0.5) is 5.69 Å². The average molecular weight is 327 g/mol. The molecule has 0 aliphatic carbocycles. The highest BCUT2D eigenvalue weighted by atomic mass is 35.5. The number of halogens is 1. The Morgan fingerprint density at radius 2 is 2.15 bits per heavy atom. The summed E-state index contributed by atoms with van der Waals surface area (Å²) in [7, 11) is -3.60. The van der Waals surface area contributed by atoms with Crippen LogP contribution in [0.5, 0.6) is 0 Å². The predicted molar refractivity (Wildman–Crippen MR) is 82.5 cm³/mol. The zero-order chi connectivity index (χ0) is 14.6. The lowest BCUT2D eigenvalue weighted by atomic mass is 10.2. The summed E-state index contributed by atoms with van der Waals surface area (Å²) in [4.78, 5) is 0. The normalized spacial score (nSPS) is 10.7. The van der Waals surface area contributed by atoms with Crippen LogP contribution >= 0.6 is 22.9 Å². The molecule has 0 saturated carbocycles. The molecule has 7 heteroatoms. The van der Waals surface area contributed by atoms with Gasteiger partial charge in [-0.2, -0.15) is 0 Å². The first-order valence-electron chi connectivity index (χ1n) is 5.58.